The Morgan fingerprint density at radius 1 is 0.882 bits per heavy atom. The van der Waals surface area contributed by atoms with E-state index in [0.29, 0.717) is 20.6 Å². The Kier molecular flexibility index (Phi) is 7.07. The van der Waals surface area contributed by atoms with E-state index in [-0.39, 0.29) is 12.4 Å². The minimum atomic E-state index is -4.41. The number of rotatable bonds is 6. The first kappa shape index (κ1) is 24.4. The van der Waals surface area contributed by atoms with Crippen molar-refractivity contribution in [2.75, 3.05) is 0 Å². The molecule has 176 valence electrons. The number of hydrogen-bond acceptors (Lipinski definition) is 2. The van der Waals surface area contributed by atoms with E-state index in [9.17, 15) is 18.0 Å². The Bertz CT molecular complexity index is 1380. The maximum atomic E-state index is 13.0. The SMILES string of the molecule is O=c1n(Cc2cccc(-c3cccc(Cl)c3Cl)c2)nc(-c2ccc(Cl)cc2)n1CCC(F)(F)F. The molecule has 0 amide bonds. The van der Waals surface area contributed by atoms with Crippen LogP contribution in [0.1, 0.15) is 12.0 Å². The van der Waals surface area contributed by atoms with Gasteiger partial charge < -0.3 is 0 Å². The van der Waals surface area contributed by atoms with Gasteiger partial charge in [-0.25, -0.2) is 9.48 Å². The van der Waals surface area contributed by atoms with Crippen LogP contribution in [0.4, 0.5) is 13.2 Å². The highest BCUT2D eigenvalue weighted by molar-refractivity contribution is 6.43. The Morgan fingerprint density at radius 2 is 1.59 bits per heavy atom. The minimum Gasteiger partial charge on any atom is -0.275 e. The van der Waals surface area contributed by atoms with Crippen LogP contribution in [0, 0.1) is 0 Å². The van der Waals surface area contributed by atoms with Crippen LogP contribution in [0.3, 0.4) is 0 Å². The van der Waals surface area contributed by atoms with Crippen molar-refractivity contribution in [3.8, 4) is 22.5 Å². The molecular weight excluding hydrogens is 510 g/mol. The van der Waals surface area contributed by atoms with Gasteiger partial charge in [-0.2, -0.15) is 13.2 Å². The highest BCUT2D eigenvalue weighted by atomic mass is 35.5. The second-order valence-corrected chi connectivity index (χ2v) is 8.81. The van der Waals surface area contributed by atoms with Crippen LogP contribution in [-0.2, 0) is 13.1 Å². The van der Waals surface area contributed by atoms with Gasteiger partial charge in [0.25, 0.3) is 0 Å². The summed E-state index contributed by atoms with van der Waals surface area (Å²) in [5.74, 6) is 0.139. The topological polar surface area (TPSA) is 39.8 Å². The summed E-state index contributed by atoms with van der Waals surface area (Å²) in [6.07, 6.45) is -5.56. The lowest BCUT2D eigenvalue weighted by Gasteiger charge is -2.08. The number of hydrogen-bond donors (Lipinski definition) is 0. The smallest absolute Gasteiger partial charge is 0.275 e. The first-order valence-electron chi connectivity index (χ1n) is 10.2. The van der Waals surface area contributed by atoms with Crippen LogP contribution < -0.4 is 5.69 Å². The maximum absolute atomic E-state index is 13.0. The zero-order valence-electron chi connectivity index (χ0n) is 17.5. The van der Waals surface area contributed by atoms with Crippen molar-refractivity contribution in [2.45, 2.75) is 25.7 Å². The summed E-state index contributed by atoms with van der Waals surface area (Å²) < 4.78 is 40.9. The van der Waals surface area contributed by atoms with E-state index < -0.39 is 24.8 Å². The highest BCUT2D eigenvalue weighted by Crippen LogP contribution is 2.33. The Balaban J connectivity index is 1.72. The van der Waals surface area contributed by atoms with Crippen LogP contribution >= 0.6 is 34.8 Å². The third-order valence-corrected chi connectivity index (χ3v) is 6.24. The van der Waals surface area contributed by atoms with E-state index >= 15 is 0 Å². The monoisotopic (exact) mass is 525 g/mol. The van der Waals surface area contributed by atoms with Gasteiger partial charge in [0.05, 0.1) is 23.0 Å². The molecule has 0 atom stereocenters. The molecule has 0 aliphatic heterocycles. The molecule has 0 spiro atoms. The summed E-state index contributed by atoms with van der Waals surface area (Å²) in [4.78, 5) is 13.0. The maximum Gasteiger partial charge on any atom is 0.390 e. The summed E-state index contributed by atoms with van der Waals surface area (Å²) in [6, 6.07) is 19.0. The summed E-state index contributed by atoms with van der Waals surface area (Å²) >= 11 is 18.4. The normalized spacial score (nSPS) is 11.7. The molecule has 0 saturated carbocycles. The molecule has 0 fully saturated rings. The summed E-state index contributed by atoms with van der Waals surface area (Å²) in [6.45, 7) is -0.483. The molecule has 4 rings (SSSR count). The van der Waals surface area contributed by atoms with Gasteiger partial charge in [0.15, 0.2) is 5.82 Å². The Labute approximate surface area is 208 Å². The zero-order valence-corrected chi connectivity index (χ0v) is 19.8. The quantitative estimate of drug-likeness (QED) is 0.264. The summed E-state index contributed by atoms with van der Waals surface area (Å²) in [5, 5.41) is 5.63. The fourth-order valence-corrected chi connectivity index (χ4v) is 4.07. The fourth-order valence-electron chi connectivity index (χ4n) is 3.53. The lowest BCUT2D eigenvalue weighted by Crippen LogP contribution is -2.27. The molecule has 34 heavy (non-hydrogen) atoms. The van der Waals surface area contributed by atoms with Gasteiger partial charge in [0, 0.05) is 22.7 Å². The lowest BCUT2D eigenvalue weighted by atomic mass is 10.0. The fraction of sp³-hybridized carbons (Fsp3) is 0.167. The molecule has 4 nitrogen and oxygen atoms in total. The van der Waals surface area contributed by atoms with E-state index in [2.05, 4.69) is 5.10 Å². The molecule has 0 radical (unpaired) electrons. The van der Waals surface area contributed by atoms with Crippen molar-refractivity contribution in [3.05, 3.63) is 97.8 Å². The van der Waals surface area contributed by atoms with Gasteiger partial charge in [-0.15, -0.1) is 5.10 Å². The van der Waals surface area contributed by atoms with Gasteiger partial charge >= 0.3 is 11.9 Å². The van der Waals surface area contributed by atoms with E-state index in [1.54, 1.807) is 48.5 Å². The molecule has 1 heterocycles. The predicted octanol–water partition coefficient (Wildman–Crippen LogP) is 7.34. The predicted molar refractivity (Wildman–Crippen MR) is 129 cm³/mol. The van der Waals surface area contributed by atoms with Crippen LogP contribution in [0.25, 0.3) is 22.5 Å². The van der Waals surface area contributed by atoms with Crippen molar-refractivity contribution in [3.63, 3.8) is 0 Å². The number of halogens is 6. The first-order valence-corrected chi connectivity index (χ1v) is 11.3. The average Bonchev–Trinajstić information content (AvgIpc) is 3.09. The van der Waals surface area contributed by atoms with Crippen LogP contribution in [0.5, 0.6) is 0 Å². The van der Waals surface area contributed by atoms with Crippen LogP contribution in [0.2, 0.25) is 15.1 Å². The largest absolute Gasteiger partial charge is 0.390 e. The molecule has 4 aromatic rings. The molecule has 0 unspecified atom stereocenters. The van der Waals surface area contributed by atoms with Crippen LogP contribution in [0.15, 0.2) is 71.5 Å². The van der Waals surface area contributed by atoms with E-state index in [1.165, 1.54) is 0 Å². The molecule has 3 aromatic carbocycles. The average molecular weight is 527 g/mol. The molecule has 0 saturated heterocycles. The van der Waals surface area contributed by atoms with Crippen molar-refractivity contribution in [1.82, 2.24) is 14.3 Å². The van der Waals surface area contributed by atoms with Gasteiger partial charge in [-0.1, -0.05) is 65.1 Å². The van der Waals surface area contributed by atoms with Crippen molar-refractivity contribution >= 4 is 34.8 Å². The van der Waals surface area contributed by atoms with Gasteiger partial charge in [-0.05, 0) is 47.5 Å². The van der Waals surface area contributed by atoms with Gasteiger partial charge in [0.2, 0.25) is 0 Å². The molecule has 1 aromatic heterocycles. The molecular formula is C24H17Cl3F3N3O. The summed E-state index contributed by atoms with van der Waals surface area (Å²) in [5.41, 5.74) is 2.08. The second kappa shape index (κ2) is 9.86. The summed E-state index contributed by atoms with van der Waals surface area (Å²) in [7, 11) is 0. The Hall–Kier alpha value is -2.74. The third kappa shape index (κ3) is 5.49. The van der Waals surface area contributed by atoms with Crippen molar-refractivity contribution in [2.24, 2.45) is 0 Å². The van der Waals surface area contributed by atoms with E-state index in [4.69, 9.17) is 34.8 Å². The number of aromatic nitrogens is 3. The van der Waals surface area contributed by atoms with Gasteiger partial charge in [0.1, 0.15) is 0 Å². The zero-order chi connectivity index (χ0) is 24.5. The van der Waals surface area contributed by atoms with Crippen molar-refractivity contribution in [1.29, 1.82) is 0 Å². The lowest BCUT2D eigenvalue weighted by molar-refractivity contribution is -0.136. The Morgan fingerprint density at radius 3 is 2.29 bits per heavy atom. The third-order valence-electron chi connectivity index (χ3n) is 5.17. The highest BCUT2D eigenvalue weighted by Gasteiger charge is 2.28. The molecule has 10 heteroatoms. The molecule has 0 aliphatic carbocycles. The minimum absolute atomic E-state index is 0.0600. The number of alkyl halides is 3. The van der Waals surface area contributed by atoms with Gasteiger partial charge in [-0.3, -0.25) is 4.57 Å². The molecule has 0 bridgehead atoms. The second-order valence-electron chi connectivity index (χ2n) is 7.59. The number of nitrogens with zero attached hydrogens (tertiary/aromatic N) is 3. The molecule has 0 N–H and O–H groups in total. The van der Waals surface area contributed by atoms with E-state index in [1.807, 2.05) is 18.2 Å². The van der Waals surface area contributed by atoms with Crippen molar-refractivity contribution < 1.29 is 13.2 Å². The standard InChI is InChI=1S/C24H17Cl3F3N3O/c25-18-9-7-16(8-10-18)22-31-33(23(34)32(22)12-11-24(28,29)30)14-15-3-1-4-17(13-15)19-5-2-6-20(26)21(19)27/h1-10,13H,11-12,14H2. The number of benzene rings is 3. The van der Waals surface area contributed by atoms with E-state index in [0.717, 1.165) is 25.9 Å². The van der Waals surface area contributed by atoms with Crippen LogP contribution in [-0.4, -0.2) is 20.5 Å². The molecule has 0 aliphatic rings. The first-order chi connectivity index (χ1) is 16.1.